The maximum absolute atomic E-state index is 11.8. The summed E-state index contributed by atoms with van der Waals surface area (Å²) < 4.78 is 16.2. The Kier molecular flexibility index (Phi) is 2.69. The predicted molar refractivity (Wildman–Crippen MR) is 41.2 cm³/mol. The average Bonchev–Trinajstić information content (AvgIpc) is 2.16. The molecule has 0 unspecified atom stereocenters. The molecule has 0 saturated heterocycles. The van der Waals surface area contributed by atoms with E-state index in [1.165, 1.54) is 18.2 Å². The molecular formula is C8H7FO4. The zero-order chi connectivity index (χ0) is 9.84. The Bertz CT molecular complexity index is 324. The molecule has 5 heteroatoms. The highest BCUT2D eigenvalue weighted by molar-refractivity contribution is 5.95. The van der Waals surface area contributed by atoms with Gasteiger partial charge in [-0.3, -0.25) is 4.94 Å². The molecule has 0 spiro atoms. The molecule has 70 valence electrons. The van der Waals surface area contributed by atoms with Crippen molar-refractivity contribution in [3.05, 3.63) is 23.8 Å². The van der Waals surface area contributed by atoms with Gasteiger partial charge in [-0.1, -0.05) is 6.07 Å². The molecule has 0 heterocycles. The molecule has 0 aliphatic carbocycles. The number of methoxy groups -OCH3 is 1. The molecule has 0 atom stereocenters. The minimum absolute atomic E-state index is 0.326. The first-order valence-electron chi connectivity index (χ1n) is 3.39. The summed E-state index contributed by atoms with van der Waals surface area (Å²) in [4.78, 5) is 14.4. The smallest absolute Gasteiger partial charge is 0.345 e. The summed E-state index contributed by atoms with van der Waals surface area (Å²) in [5.74, 6) is -1.61. The number of hydrogen-bond donors (Lipinski definition) is 1. The van der Waals surface area contributed by atoms with Crippen LogP contribution in [0.4, 0.5) is 4.53 Å². The van der Waals surface area contributed by atoms with Crippen molar-refractivity contribution in [2.45, 2.75) is 0 Å². The van der Waals surface area contributed by atoms with Gasteiger partial charge in [-0.15, -0.1) is 0 Å². The van der Waals surface area contributed by atoms with Crippen LogP contribution in [-0.4, -0.2) is 18.2 Å². The van der Waals surface area contributed by atoms with Crippen LogP contribution in [0.5, 0.6) is 11.5 Å². The Morgan fingerprint density at radius 1 is 1.54 bits per heavy atom. The SMILES string of the molecule is COC(=O)c1c(O)cccc1OF. The van der Waals surface area contributed by atoms with E-state index in [9.17, 15) is 14.4 Å². The van der Waals surface area contributed by atoms with Crippen LogP contribution in [0.15, 0.2) is 18.2 Å². The van der Waals surface area contributed by atoms with Crippen molar-refractivity contribution in [2.75, 3.05) is 7.11 Å². The molecule has 4 nitrogen and oxygen atoms in total. The minimum Gasteiger partial charge on any atom is -0.507 e. The topological polar surface area (TPSA) is 55.8 Å². The first-order chi connectivity index (χ1) is 6.20. The summed E-state index contributed by atoms with van der Waals surface area (Å²) in [5, 5.41) is 9.18. The lowest BCUT2D eigenvalue weighted by Crippen LogP contribution is -2.03. The normalized spacial score (nSPS) is 9.38. The van der Waals surface area contributed by atoms with Crippen LogP contribution in [0, 0.1) is 0 Å². The summed E-state index contributed by atoms with van der Waals surface area (Å²) in [7, 11) is 1.12. The number of ether oxygens (including phenoxy) is 1. The van der Waals surface area contributed by atoms with Crippen LogP contribution in [-0.2, 0) is 4.74 Å². The van der Waals surface area contributed by atoms with Crippen LogP contribution >= 0.6 is 0 Å². The maximum Gasteiger partial charge on any atom is 0.345 e. The van der Waals surface area contributed by atoms with Crippen molar-refractivity contribution in [1.29, 1.82) is 0 Å². The van der Waals surface area contributed by atoms with Gasteiger partial charge in [0.2, 0.25) is 0 Å². The third-order valence-corrected chi connectivity index (χ3v) is 1.48. The number of hydrogen-bond acceptors (Lipinski definition) is 4. The highest BCUT2D eigenvalue weighted by atomic mass is 19.3. The molecule has 0 fully saturated rings. The number of rotatable bonds is 2. The lowest BCUT2D eigenvalue weighted by atomic mass is 10.2. The summed E-state index contributed by atoms with van der Waals surface area (Å²) in [6.45, 7) is 0. The van der Waals surface area contributed by atoms with Gasteiger partial charge in [-0.2, -0.15) is 0 Å². The van der Waals surface area contributed by atoms with Crippen molar-refractivity contribution in [3.8, 4) is 11.5 Å². The van der Waals surface area contributed by atoms with E-state index in [2.05, 4.69) is 9.68 Å². The molecule has 1 aromatic carbocycles. The van der Waals surface area contributed by atoms with Gasteiger partial charge in [0.05, 0.1) is 7.11 Å². The molecule has 0 bridgehead atoms. The van der Waals surface area contributed by atoms with Crippen LogP contribution in [0.25, 0.3) is 0 Å². The second kappa shape index (κ2) is 3.75. The van der Waals surface area contributed by atoms with E-state index < -0.39 is 5.97 Å². The van der Waals surface area contributed by atoms with Crippen molar-refractivity contribution in [1.82, 2.24) is 0 Å². The van der Waals surface area contributed by atoms with Gasteiger partial charge in [-0.25, -0.2) is 4.79 Å². The third-order valence-electron chi connectivity index (χ3n) is 1.48. The van der Waals surface area contributed by atoms with Crippen LogP contribution in [0.1, 0.15) is 10.4 Å². The molecule has 1 N–H and O–H groups in total. The molecule has 0 aliphatic rings. The fourth-order valence-electron chi connectivity index (χ4n) is 0.891. The van der Waals surface area contributed by atoms with Crippen LogP contribution in [0.3, 0.4) is 0 Å². The number of phenols is 1. The average molecular weight is 186 g/mol. The molecule has 0 amide bonds. The Balaban J connectivity index is 3.22. The Hall–Kier alpha value is -1.78. The van der Waals surface area contributed by atoms with E-state index in [1.807, 2.05) is 0 Å². The van der Waals surface area contributed by atoms with E-state index >= 15 is 0 Å². The highest BCUT2D eigenvalue weighted by Crippen LogP contribution is 2.28. The molecule has 0 aliphatic heterocycles. The number of halogens is 1. The second-order valence-corrected chi connectivity index (χ2v) is 2.22. The number of aromatic hydroxyl groups is 1. The van der Waals surface area contributed by atoms with Crippen LogP contribution < -0.4 is 4.94 Å². The summed E-state index contributed by atoms with van der Waals surface area (Å²) in [6.07, 6.45) is 0. The molecule has 0 radical (unpaired) electrons. The Labute approximate surface area is 73.4 Å². The molecule has 0 aromatic heterocycles. The van der Waals surface area contributed by atoms with Gasteiger partial charge in [-0.05, 0) is 12.1 Å². The third kappa shape index (κ3) is 1.69. The lowest BCUT2D eigenvalue weighted by molar-refractivity contribution is -0.00839. The Morgan fingerprint density at radius 2 is 2.23 bits per heavy atom. The van der Waals surface area contributed by atoms with E-state index in [0.717, 1.165) is 7.11 Å². The van der Waals surface area contributed by atoms with E-state index in [0.29, 0.717) is 0 Å². The summed E-state index contributed by atoms with van der Waals surface area (Å²) >= 11 is 0. The van der Waals surface area contributed by atoms with Gasteiger partial charge >= 0.3 is 5.97 Å². The fourth-order valence-corrected chi connectivity index (χ4v) is 0.891. The van der Waals surface area contributed by atoms with Crippen LogP contribution in [0.2, 0.25) is 0 Å². The van der Waals surface area contributed by atoms with Gasteiger partial charge in [0.15, 0.2) is 5.75 Å². The van der Waals surface area contributed by atoms with Gasteiger partial charge in [0, 0.05) is 4.53 Å². The maximum atomic E-state index is 11.8. The quantitative estimate of drug-likeness (QED) is 0.710. The molecule has 0 saturated carbocycles. The number of carbonyl (C=O) groups is 1. The van der Waals surface area contributed by atoms with Crippen molar-refractivity contribution in [3.63, 3.8) is 0 Å². The molecule has 1 aromatic rings. The monoisotopic (exact) mass is 186 g/mol. The highest BCUT2D eigenvalue weighted by Gasteiger charge is 2.18. The van der Waals surface area contributed by atoms with Crippen molar-refractivity contribution in [2.24, 2.45) is 0 Å². The summed E-state index contributed by atoms with van der Waals surface area (Å²) in [5.41, 5.74) is -0.326. The first-order valence-corrected chi connectivity index (χ1v) is 3.39. The van der Waals surface area contributed by atoms with Crippen molar-refractivity contribution >= 4 is 5.97 Å². The number of benzene rings is 1. The van der Waals surface area contributed by atoms with Crippen molar-refractivity contribution < 1.29 is 24.1 Å². The number of esters is 1. The fraction of sp³-hybridized carbons (Fsp3) is 0.125. The number of carbonyl (C=O) groups excluding carboxylic acids is 1. The van der Waals surface area contributed by atoms with Gasteiger partial charge in [0.25, 0.3) is 0 Å². The number of phenolic OH excluding ortho intramolecular Hbond substituents is 1. The summed E-state index contributed by atoms with van der Waals surface area (Å²) in [6, 6.07) is 3.78. The zero-order valence-corrected chi connectivity index (χ0v) is 6.78. The van der Waals surface area contributed by atoms with Gasteiger partial charge in [0.1, 0.15) is 11.3 Å². The first kappa shape index (κ1) is 9.31. The Morgan fingerprint density at radius 3 is 2.77 bits per heavy atom. The predicted octanol–water partition coefficient (Wildman–Crippen LogP) is 1.44. The lowest BCUT2D eigenvalue weighted by Gasteiger charge is -2.04. The molecule has 1 rings (SSSR count). The van der Waals surface area contributed by atoms with E-state index in [1.54, 1.807) is 0 Å². The largest absolute Gasteiger partial charge is 0.507 e. The van der Waals surface area contributed by atoms with E-state index in [4.69, 9.17) is 0 Å². The van der Waals surface area contributed by atoms with Gasteiger partial charge < -0.3 is 9.84 Å². The standard InChI is InChI=1S/C8H7FO4/c1-12-8(11)7-5(10)3-2-4-6(7)13-9/h2-4,10H,1H3. The minimum atomic E-state index is -0.856. The molecular weight excluding hydrogens is 179 g/mol. The zero-order valence-electron chi connectivity index (χ0n) is 6.78. The molecule has 13 heavy (non-hydrogen) atoms. The second-order valence-electron chi connectivity index (χ2n) is 2.22. The van der Waals surface area contributed by atoms with E-state index in [-0.39, 0.29) is 17.1 Å².